The van der Waals surface area contributed by atoms with Crippen LogP contribution in [0.3, 0.4) is 0 Å². The SMILES string of the molecule is C(=C1CCCN=C1c1cccnc1)c1ccc(Oc2ccccc2)nc1.Cl.Cl. The van der Waals surface area contributed by atoms with Crippen molar-refractivity contribution in [1.82, 2.24) is 9.97 Å². The lowest BCUT2D eigenvalue weighted by atomic mass is 9.95. The first-order chi connectivity index (χ1) is 12.9. The number of nitrogens with zero attached hydrogens (tertiary/aromatic N) is 3. The largest absolute Gasteiger partial charge is 0.439 e. The maximum Gasteiger partial charge on any atom is 0.219 e. The zero-order chi connectivity index (χ0) is 17.6. The third kappa shape index (κ3) is 5.41. The topological polar surface area (TPSA) is 47.4 Å². The summed E-state index contributed by atoms with van der Waals surface area (Å²) in [5.41, 5.74) is 4.37. The van der Waals surface area contributed by atoms with Crippen LogP contribution < -0.4 is 4.74 Å². The van der Waals surface area contributed by atoms with Gasteiger partial charge in [-0.2, -0.15) is 0 Å². The van der Waals surface area contributed by atoms with Crippen LogP contribution in [0.1, 0.15) is 24.0 Å². The Bertz CT molecular complexity index is 927. The van der Waals surface area contributed by atoms with Gasteiger partial charge in [0.15, 0.2) is 0 Å². The van der Waals surface area contributed by atoms with Crippen molar-refractivity contribution in [1.29, 1.82) is 0 Å². The number of benzene rings is 1. The molecular formula is C22H21Cl2N3O. The van der Waals surface area contributed by atoms with Crippen LogP contribution in [0.15, 0.2) is 83.8 Å². The van der Waals surface area contributed by atoms with Gasteiger partial charge in [-0.05, 0) is 60.4 Å². The Morgan fingerprint density at radius 1 is 0.893 bits per heavy atom. The average Bonchev–Trinajstić information content (AvgIpc) is 2.71. The summed E-state index contributed by atoms with van der Waals surface area (Å²) >= 11 is 0. The highest BCUT2D eigenvalue weighted by Gasteiger charge is 2.14. The molecule has 0 saturated heterocycles. The van der Waals surface area contributed by atoms with Gasteiger partial charge in [-0.3, -0.25) is 9.98 Å². The van der Waals surface area contributed by atoms with Crippen molar-refractivity contribution in [2.45, 2.75) is 12.8 Å². The Morgan fingerprint density at radius 2 is 1.75 bits per heavy atom. The van der Waals surface area contributed by atoms with Crippen molar-refractivity contribution in [2.24, 2.45) is 4.99 Å². The van der Waals surface area contributed by atoms with E-state index < -0.39 is 0 Å². The lowest BCUT2D eigenvalue weighted by Gasteiger charge is -2.16. The Balaban J connectivity index is 0.00000140. The number of rotatable bonds is 4. The smallest absolute Gasteiger partial charge is 0.219 e. The molecule has 4 rings (SSSR count). The Morgan fingerprint density at radius 3 is 2.46 bits per heavy atom. The van der Waals surface area contributed by atoms with Crippen LogP contribution in [0.4, 0.5) is 0 Å². The first-order valence-electron chi connectivity index (χ1n) is 8.73. The number of hydrogen-bond acceptors (Lipinski definition) is 4. The summed E-state index contributed by atoms with van der Waals surface area (Å²) in [4.78, 5) is 13.3. The van der Waals surface area contributed by atoms with E-state index in [0.29, 0.717) is 5.88 Å². The molecule has 0 radical (unpaired) electrons. The molecule has 144 valence electrons. The van der Waals surface area contributed by atoms with Crippen molar-refractivity contribution in [3.63, 3.8) is 0 Å². The molecule has 6 heteroatoms. The number of allylic oxidation sites excluding steroid dienone is 1. The number of aromatic nitrogens is 2. The summed E-state index contributed by atoms with van der Waals surface area (Å²) in [6.45, 7) is 0.865. The Hall–Kier alpha value is -2.69. The van der Waals surface area contributed by atoms with Gasteiger partial charge in [0, 0.05) is 36.8 Å². The van der Waals surface area contributed by atoms with Crippen molar-refractivity contribution in [2.75, 3.05) is 6.54 Å². The van der Waals surface area contributed by atoms with Gasteiger partial charge in [-0.1, -0.05) is 18.2 Å². The molecule has 3 heterocycles. The van der Waals surface area contributed by atoms with Crippen molar-refractivity contribution < 1.29 is 4.74 Å². The molecule has 0 saturated carbocycles. The van der Waals surface area contributed by atoms with E-state index in [4.69, 9.17) is 9.73 Å². The van der Waals surface area contributed by atoms with E-state index in [1.54, 1.807) is 6.20 Å². The van der Waals surface area contributed by atoms with E-state index in [0.717, 1.165) is 42.0 Å². The molecule has 0 bridgehead atoms. The van der Waals surface area contributed by atoms with Gasteiger partial charge >= 0.3 is 0 Å². The van der Waals surface area contributed by atoms with Crippen LogP contribution in [-0.4, -0.2) is 22.2 Å². The standard InChI is InChI=1S/C22H19N3O.2ClH/c1-2-8-20(9-3-1)26-21-11-10-17(15-25-21)14-18-6-5-13-24-22(18)19-7-4-12-23-16-19;;/h1-4,7-12,14-16H,5-6,13H2;2*1H. The number of para-hydroxylation sites is 1. The van der Waals surface area contributed by atoms with Crippen LogP contribution in [0, 0.1) is 0 Å². The highest BCUT2D eigenvalue weighted by atomic mass is 35.5. The third-order valence-corrected chi connectivity index (χ3v) is 4.18. The van der Waals surface area contributed by atoms with Gasteiger partial charge in [0.25, 0.3) is 0 Å². The van der Waals surface area contributed by atoms with E-state index in [-0.39, 0.29) is 24.8 Å². The molecule has 28 heavy (non-hydrogen) atoms. The number of halogens is 2. The molecule has 2 aromatic heterocycles. The summed E-state index contributed by atoms with van der Waals surface area (Å²) in [6, 6.07) is 17.6. The molecule has 3 aromatic rings. The van der Waals surface area contributed by atoms with E-state index in [9.17, 15) is 0 Å². The van der Waals surface area contributed by atoms with Gasteiger partial charge in [-0.25, -0.2) is 4.98 Å². The quantitative estimate of drug-likeness (QED) is 0.544. The Labute approximate surface area is 177 Å². The lowest BCUT2D eigenvalue weighted by molar-refractivity contribution is 0.463. The summed E-state index contributed by atoms with van der Waals surface area (Å²) in [5, 5.41) is 0. The normalized spacial score (nSPS) is 14.4. The van der Waals surface area contributed by atoms with Gasteiger partial charge in [-0.15, -0.1) is 24.8 Å². The van der Waals surface area contributed by atoms with Gasteiger partial charge in [0.05, 0.1) is 5.71 Å². The van der Waals surface area contributed by atoms with Crippen molar-refractivity contribution >= 4 is 36.6 Å². The van der Waals surface area contributed by atoms with Crippen LogP contribution in [-0.2, 0) is 0 Å². The second-order valence-corrected chi connectivity index (χ2v) is 6.09. The van der Waals surface area contributed by atoms with Crippen LogP contribution in [0.25, 0.3) is 6.08 Å². The molecule has 0 fully saturated rings. The molecule has 0 atom stereocenters. The maximum atomic E-state index is 5.75. The molecule has 0 spiro atoms. The summed E-state index contributed by atoms with van der Waals surface area (Å²) in [5.74, 6) is 1.37. The highest BCUT2D eigenvalue weighted by Crippen LogP contribution is 2.23. The van der Waals surface area contributed by atoms with Crippen LogP contribution in [0.2, 0.25) is 0 Å². The summed E-state index contributed by atoms with van der Waals surface area (Å²) in [6.07, 6.45) is 9.72. The second-order valence-electron chi connectivity index (χ2n) is 6.09. The number of pyridine rings is 2. The van der Waals surface area contributed by atoms with E-state index in [2.05, 4.69) is 22.1 Å². The Kier molecular flexibility index (Phi) is 8.18. The molecule has 0 aliphatic carbocycles. The zero-order valence-electron chi connectivity index (χ0n) is 15.2. The van der Waals surface area contributed by atoms with E-state index in [1.165, 1.54) is 5.57 Å². The average molecular weight is 414 g/mol. The molecule has 0 unspecified atom stereocenters. The maximum absolute atomic E-state index is 5.75. The number of ether oxygens (including phenoxy) is 1. The van der Waals surface area contributed by atoms with Crippen LogP contribution >= 0.6 is 24.8 Å². The molecule has 0 amide bonds. The zero-order valence-corrected chi connectivity index (χ0v) is 16.8. The fourth-order valence-electron chi connectivity index (χ4n) is 2.95. The third-order valence-electron chi connectivity index (χ3n) is 4.18. The molecule has 1 aromatic carbocycles. The first-order valence-corrected chi connectivity index (χ1v) is 8.73. The van der Waals surface area contributed by atoms with Crippen LogP contribution in [0.5, 0.6) is 11.6 Å². The first kappa shape index (κ1) is 21.6. The van der Waals surface area contributed by atoms with E-state index >= 15 is 0 Å². The fraction of sp³-hybridized carbons (Fsp3) is 0.136. The summed E-state index contributed by atoms with van der Waals surface area (Å²) in [7, 11) is 0. The molecular weight excluding hydrogens is 393 g/mol. The minimum Gasteiger partial charge on any atom is -0.439 e. The van der Waals surface area contributed by atoms with Gasteiger partial charge in [0.1, 0.15) is 5.75 Å². The number of aliphatic imine (C=N–C) groups is 1. The van der Waals surface area contributed by atoms with Gasteiger partial charge < -0.3 is 4.74 Å². The molecule has 1 aliphatic rings. The molecule has 1 aliphatic heterocycles. The van der Waals surface area contributed by atoms with E-state index in [1.807, 2.05) is 60.9 Å². The monoisotopic (exact) mass is 413 g/mol. The molecule has 4 nitrogen and oxygen atoms in total. The predicted molar refractivity (Wildman–Crippen MR) is 118 cm³/mol. The minimum atomic E-state index is 0. The van der Waals surface area contributed by atoms with Gasteiger partial charge in [0.2, 0.25) is 5.88 Å². The van der Waals surface area contributed by atoms with Crippen molar-refractivity contribution in [3.8, 4) is 11.6 Å². The predicted octanol–water partition coefficient (Wildman–Crippen LogP) is 5.78. The minimum absolute atomic E-state index is 0. The highest BCUT2D eigenvalue weighted by molar-refractivity contribution is 6.15. The fourth-order valence-corrected chi connectivity index (χ4v) is 2.95. The second kappa shape index (κ2) is 10.6. The molecule has 0 N–H and O–H groups in total. The summed E-state index contributed by atoms with van der Waals surface area (Å²) < 4.78 is 5.75. The van der Waals surface area contributed by atoms with Crippen molar-refractivity contribution in [3.05, 3.63) is 89.9 Å². The number of hydrogen-bond donors (Lipinski definition) is 0. The lowest BCUT2D eigenvalue weighted by Crippen LogP contribution is -2.11.